The van der Waals surface area contributed by atoms with Gasteiger partial charge in [0.2, 0.25) is 0 Å². The van der Waals surface area contributed by atoms with Crippen LogP contribution in [0.1, 0.15) is 83.9 Å². The molecule has 0 saturated heterocycles. The van der Waals surface area contributed by atoms with E-state index in [2.05, 4.69) is 65.7 Å². The molecule has 0 fully saturated rings. The predicted molar refractivity (Wildman–Crippen MR) is 107 cm³/mol. The molecule has 1 heterocycles. The van der Waals surface area contributed by atoms with Crippen LogP contribution in [0, 0.1) is 0 Å². The monoisotopic (exact) mass is 341 g/mol. The SMILES string of the molecule is CCCCCCCCc1n(-c2ccccc2)cc[n+]1CCCCCC. The van der Waals surface area contributed by atoms with Gasteiger partial charge in [0.05, 0.1) is 6.54 Å². The second-order valence-electron chi connectivity index (χ2n) is 7.19. The number of nitrogens with zero attached hydrogens (tertiary/aromatic N) is 2. The fourth-order valence-electron chi connectivity index (χ4n) is 3.52. The van der Waals surface area contributed by atoms with Crippen LogP contribution < -0.4 is 4.57 Å². The van der Waals surface area contributed by atoms with E-state index in [4.69, 9.17) is 0 Å². The lowest BCUT2D eigenvalue weighted by Crippen LogP contribution is -2.37. The van der Waals surface area contributed by atoms with Crippen molar-refractivity contribution in [2.45, 2.75) is 91.0 Å². The largest absolute Gasteiger partial charge is 0.261 e. The Morgan fingerprint density at radius 1 is 0.760 bits per heavy atom. The number of aryl methyl sites for hydroxylation is 1. The number of aromatic nitrogens is 2. The summed E-state index contributed by atoms with van der Waals surface area (Å²) in [5, 5.41) is 0. The van der Waals surface area contributed by atoms with E-state index in [1.54, 1.807) is 0 Å². The highest BCUT2D eigenvalue weighted by Crippen LogP contribution is 2.13. The molecule has 2 aromatic rings. The van der Waals surface area contributed by atoms with Gasteiger partial charge < -0.3 is 0 Å². The Morgan fingerprint density at radius 3 is 2.12 bits per heavy atom. The summed E-state index contributed by atoms with van der Waals surface area (Å²) >= 11 is 0. The van der Waals surface area contributed by atoms with Crippen molar-refractivity contribution in [1.82, 2.24) is 4.57 Å². The fraction of sp³-hybridized carbons (Fsp3) is 0.609. The summed E-state index contributed by atoms with van der Waals surface area (Å²) in [7, 11) is 0. The van der Waals surface area contributed by atoms with Crippen molar-refractivity contribution in [3.8, 4) is 5.69 Å². The predicted octanol–water partition coefficient (Wildman–Crippen LogP) is 6.25. The van der Waals surface area contributed by atoms with Gasteiger partial charge in [-0.1, -0.05) is 77.0 Å². The highest BCUT2D eigenvalue weighted by Gasteiger charge is 2.18. The van der Waals surface area contributed by atoms with Crippen molar-refractivity contribution >= 4 is 0 Å². The van der Waals surface area contributed by atoms with Crippen molar-refractivity contribution < 1.29 is 4.57 Å². The van der Waals surface area contributed by atoms with E-state index in [1.165, 1.54) is 82.1 Å². The smallest absolute Gasteiger partial charge is 0.234 e. The van der Waals surface area contributed by atoms with Gasteiger partial charge in [0.1, 0.15) is 18.1 Å². The van der Waals surface area contributed by atoms with Gasteiger partial charge in [-0.3, -0.25) is 0 Å². The average Bonchev–Trinajstić information content (AvgIpc) is 3.05. The van der Waals surface area contributed by atoms with E-state index in [-0.39, 0.29) is 0 Å². The minimum Gasteiger partial charge on any atom is -0.234 e. The van der Waals surface area contributed by atoms with Gasteiger partial charge in [-0.05, 0) is 31.4 Å². The number of hydrogen-bond acceptors (Lipinski definition) is 0. The number of rotatable bonds is 13. The van der Waals surface area contributed by atoms with Gasteiger partial charge in [-0.15, -0.1) is 0 Å². The van der Waals surface area contributed by atoms with Crippen LogP contribution in [0.15, 0.2) is 42.7 Å². The van der Waals surface area contributed by atoms with E-state index in [9.17, 15) is 0 Å². The van der Waals surface area contributed by atoms with E-state index >= 15 is 0 Å². The number of imidazole rings is 1. The Hall–Kier alpha value is -1.57. The summed E-state index contributed by atoms with van der Waals surface area (Å²) in [6, 6.07) is 10.8. The van der Waals surface area contributed by atoms with Crippen molar-refractivity contribution in [2.75, 3.05) is 0 Å². The van der Waals surface area contributed by atoms with Gasteiger partial charge in [-0.25, -0.2) is 4.57 Å². The zero-order valence-corrected chi connectivity index (χ0v) is 16.4. The Balaban J connectivity index is 1.99. The minimum atomic E-state index is 1.16. The molecule has 2 heteroatoms. The molecule has 0 aliphatic carbocycles. The van der Waals surface area contributed by atoms with E-state index in [0.717, 1.165) is 6.54 Å². The Labute approximate surface area is 154 Å². The Morgan fingerprint density at radius 2 is 1.40 bits per heavy atom. The van der Waals surface area contributed by atoms with Crippen molar-refractivity contribution in [3.63, 3.8) is 0 Å². The van der Waals surface area contributed by atoms with E-state index in [0.29, 0.717) is 0 Å². The first-order valence-electron chi connectivity index (χ1n) is 10.5. The van der Waals surface area contributed by atoms with Crippen molar-refractivity contribution in [3.05, 3.63) is 48.5 Å². The molecular formula is C23H37N2+. The zero-order valence-electron chi connectivity index (χ0n) is 16.4. The molecule has 0 aliphatic rings. The molecule has 1 aromatic carbocycles. The van der Waals surface area contributed by atoms with Gasteiger partial charge in [-0.2, -0.15) is 4.57 Å². The third kappa shape index (κ3) is 6.68. The molecule has 0 amide bonds. The number of hydrogen-bond donors (Lipinski definition) is 0. The van der Waals surface area contributed by atoms with Crippen molar-refractivity contribution in [1.29, 1.82) is 0 Å². The maximum absolute atomic E-state index is 2.49. The molecule has 25 heavy (non-hydrogen) atoms. The number of unbranched alkanes of at least 4 members (excludes halogenated alkanes) is 8. The molecular weight excluding hydrogens is 304 g/mol. The van der Waals surface area contributed by atoms with E-state index in [1.807, 2.05) is 0 Å². The van der Waals surface area contributed by atoms with Crippen molar-refractivity contribution in [2.24, 2.45) is 0 Å². The third-order valence-electron chi connectivity index (χ3n) is 5.05. The highest BCUT2D eigenvalue weighted by molar-refractivity contribution is 5.31. The van der Waals surface area contributed by atoms with Gasteiger partial charge in [0, 0.05) is 6.42 Å². The van der Waals surface area contributed by atoms with Crippen LogP contribution in [0.4, 0.5) is 0 Å². The van der Waals surface area contributed by atoms with Crippen LogP contribution in [0.5, 0.6) is 0 Å². The normalized spacial score (nSPS) is 11.1. The first-order valence-corrected chi connectivity index (χ1v) is 10.5. The van der Waals surface area contributed by atoms with Crippen LogP contribution in [0.25, 0.3) is 5.69 Å². The van der Waals surface area contributed by atoms with Gasteiger partial charge in [0.15, 0.2) is 0 Å². The summed E-state index contributed by atoms with van der Waals surface area (Å²) in [6.45, 7) is 5.72. The van der Waals surface area contributed by atoms with Crippen LogP contribution in [0.2, 0.25) is 0 Å². The average molecular weight is 342 g/mol. The molecule has 0 radical (unpaired) electrons. The van der Waals surface area contributed by atoms with Crippen LogP contribution in [-0.4, -0.2) is 4.57 Å². The third-order valence-corrected chi connectivity index (χ3v) is 5.05. The first-order chi connectivity index (χ1) is 12.4. The fourth-order valence-corrected chi connectivity index (χ4v) is 3.52. The Bertz CT molecular complexity index is 571. The molecule has 0 atom stereocenters. The molecule has 0 unspecified atom stereocenters. The van der Waals surface area contributed by atoms with Crippen LogP contribution in [0.3, 0.4) is 0 Å². The second kappa shape index (κ2) is 11.9. The summed E-state index contributed by atoms with van der Waals surface area (Å²) < 4.78 is 4.89. The minimum absolute atomic E-state index is 1.16. The summed E-state index contributed by atoms with van der Waals surface area (Å²) in [4.78, 5) is 0. The first kappa shape index (κ1) is 19.8. The summed E-state index contributed by atoms with van der Waals surface area (Å²) in [5.41, 5.74) is 1.29. The lowest BCUT2D eigenvalue weighted by Gasteiger charge is -2.06. The van der Waals surface area contributed by atoms with Gasteiger partial charge in [0.25, 0.3) is 5.82 Å². The molecule has 1 aromatic heterocycles. The number of para-hydroxylation sites is 1. The molecule has 0 bridgehead atoms. The summed E-state index contributed by atoms with van der Waals surface area (Å²) in [5.74, 6) is 1.47. The maximum atomic E-state index is 2.49. The molecule has 0 spiro atoms. The standard InChI is InChI=1S/C23H37N2/c1-3-5-7-9-10-14-18-23-24(19-15-8-6-4-2)20-21-25(23)22-16-12-11-13-17-22/h11-13,16-17,20-21H,3-10,14-15,18-19H2,1-2H3/q+1. The van der Waals surface area contributed by atoms with E-state index < -0.39 is 0 Å². The quantitative estimate of drug-likeness (QED) is 0.301. The molecule has 2 nitrogen and oxygen atoms in total. The lowest BCUT2D eigenvalue weighted by molar-refractivity contribution is -0.704. The molecule has 0 N–H and O–H groups in total. The molecule has 138 valence electrons. The Kier molecular flexibility index (Phi) is 9.40. The molecule has 0 aliphatic heterocycles. The molecule has 0 saturated carbocycles. The number of benzene rings is 1. The van der Waals surface area contributed by atoms with Gasteiger partial charge >= 0.3 is 0 Å². The highest BCUT2D eigenvalue weighted by atomic mass is 15.1. The van der Waals surface area contributed by atoms with Crippen LogP contribution >= 0.6 is 0 Å². The topological polar surface area (TPSA) is 8.81 Å². The molecule has 2 rings (SSSR count). The zero-order chi connectivity index (χ0) is 17.7. The maximum Gasteiger partial charge on any atom is 0.261 e. The summed E-state index contributed by atoms with van der Waals surface area (Å²) in [6.07, 6.45) is 19.2. The van der Waals surface area contributed by atoms with Crippen LogP contribution in [-0.2, 0) is 13.0 Å². The second-order valence-corrected chi connectivity index (χ2v) is 7.19. The lowest BCUT2D eigenvalue weighted by atomic mass is 10.1.